The fourth-order valence-corrected chi connectivity index (χ4v) is 1.12. The molecule has 5 nitrogen and oxygen atoms in total. The third-order valence-electron chi connectivity index (χ3n) is 1.99. The molecule has 0 aromatic carbocycles. The standard InChI is InChI=1S/C9H15N3O2/c1-7(9(13)14)10-4-3-8-5-11-12(2)6-8/h5-7,10H,3-4H2,1-2H3,(H,13,14)/t7-/m0/s1. The van der Waals surface area contributed by atoms with Crippen LogP contribution in [0.4, 0.5) is 0 Å². The van der Waals surface area contributed by atoms with Gasteiger partial charge in [0.2, 0.25) is 0 Å². The maximum Gasteiger partial charge on any atom is 0.320 e. The summed E-state index contributed by atoms with van der Waals surface area (Å²) in [5, 5.41) is 15.5. The van der Waals surface area contributed by atoms with Gasteiger partial charge in [0.15, 0.2) is 0 Å². The highest BCUT2D eigenvalue weighted by Gasteiger charge is 2.08. The molecule has 0 saturated carbocycles. The molecule has 78 valence electrons. The van der Waals surface area contributed by atoms with Gasteiger partial charge in [-0.2, -0.15) is 5.10 Å². The molecular formula is C9H15N3O2. The number of aromatic nitrogens is 2. The zero-order valence-corrected chi connectivity index (χ0v) is 8.40. The first-order valence-electron chi connectivity index (χ1n) is 4.53. The van der Waals surface area contributed by atoms with E-state index < -0.39 is 12.0 Å². The average Bonchev–Trinajstić information content (AvgIpc) is 2.51. The molecule has 1 aromatic heterocycles. The number of nitrogens with one attached hydrogen (secondary N) is 1. The van der Waals surface area contributed by atoms with Crippen LogP contribution in [0.2, 0.25) is 0 Å². The third kappa shape index (κ3) is 3.18. The van der Waals surface area contributed by atoms with Gasteiger partial charge in [0.05, 0.1) is 6.20 Å². The molecule has 0 radical (unpaired) electrons. The number of hydrogen-bond donors (Lipinski definition) is 2. The van der Waals surface area contributed by atoms with E-state index >= 15 is 0 Å². The molecule has 0 aliphatic carbocycles. The predicted octanol–water partition coefficient (Wildman–Crippen LogP) is 0.0253. The number of carboxylic acid groups (broad SMARTS) is 1. The summed E-state index contributed by atoms with van der Waals surface area (Å²) < 4.78 is 1.73. The van der Waals surface area contributed by atoms with Crippen LogP contribution in [0.25, 0.3) is 0 Å². The summed E-state index contributed by atoms with van der Waals surface area (Å²) in [6.07, 6.45) is 4.51. The minimum absolute atomic E-state index is 0.494. The van der Waals surface area contributed by atoms with Crippen LogP contribution in [0, 0.1) is 0 Å². The zero-order valence-electron chi connectivity index (χ0n) is 8.40. The van der Waals surface area contributed by atoms with E-state index in [0.29, 0.717) is 6.54 Å². The molecule has 5 heteroatoms. The fraction of sp³-hybridized carbons (Fsp3) is 0.556. The van der Waals surface area contributed by atoms with E-state index in [1.165, 1.54) is 0 Å². The Morgan fingerprint density at radius 2 is 2.50 bits per heavy atom. The molecule has 0 amide bonds. The Morgan fingerprint density at radius 1 is 1.79 bits per heavy atom. The number of carbonyl (C=O) groups is 1. The summed E-state index contributed by atoms with van der Waals surface area (Å²) in [6, 6.07) is -0.494. The van der Waals surface area contributed by atoms with Crippen molar-refractivity contribution in [1.82, 2.24) is 15.1 Å². The second kappa shape index (κ2) is 4.76. The number of nitrogens with zero attached hydrogens (tertiary/aromatic N) is 2. The minimum atomic E-state index is -0.823. The molecule has 0 aliphatic heterocycles. The first-order chi connectivity index (χ1) is 6.59. The first-order valence-corrected chi connectivity index (χ1v) is 4.53. The van der Waals surface area contributed by atoms with Gasteiger partial charge in [-0.3, -0.25) is 9.48 Å². The van der Waals surface area contributed by atoms with Crippen molar-refractivity contribution in [2.24, 2.45) is 7.05 Å². The maximum atomic E-state index is 10.5. The van der Waals surface area contributed by atoms with Crippen molar-refractivity contribution in [1.29, 1.82) is 0 Å². The number of hydrogen-bond acceptors (Lipinski definition) is 3. The van der Waals surface area contributed by atoms with Gasteiger partial charge in [0, 0.05) is 19.8 Å². The molecule has 2 N–H and O–H groups in total. The Bertz CT molecular complexity index is 309. The summed E-state index contributed by atoms with van der Waals surface area (Å²) in [7, 11) is 1.86. The SMILES string of the molecule is C[C@H](NCCc1cnn(C)c1)C(=O)O. The van der Waals surface area contributed by atoms with Gasteiger partial charge in [-0.1, -0.05) is 0 Å². The summed E-state index contributed by atoms with van der Waals surface area (Å²) in [6.45, 7) is 2.28. The summed E-state index contributed by atoms with van der Waals surface area (Å²) in [4.78, 5) is 10.5. The van der Waals surface area contributed by atoms with Gasteiger partial charge in [-0.05, 0) is 18.9 Å². The van der Waals surface area contributed by atoms with Crippen LogP contribution in [-0.4, -0.2) is 33.4 Å². The fourth-order valence-electron chi connectivity index (χ4n) is 1.12. The molecule has 1 aromatic rings. The second-order valence-corrected chi connectivity index (χ2v) is 3.29. The first kappa shape index (κ1) is 10.7. The molecule has 0 saturated heterocycles. The van der Waals surface area contributed by atoms with Crippen molar-refractivity contribution in [3.63, 3.8) is 0 Å². The van der Waals surface area contributed by atoms with E-state index in [4.69, 9.17) is 5.11 Å². The van der Waals surface area contributed by atoms with Gasteiger partial charge in [0.25, 0.3) is 0 Å². The van der Waals surface area contributed by atoms with Gasteiger partial charge in [0.1, 0.15) is 6.04 Å². The highest BCUT2D eigenvalue weighted by molar-refractivity contribution is 5.72. The molecule has 0 bridgehead atoms. The lowest BCUT2D eigenvalue weighted by atomic mass is 10.2. The Hall–Kier alpha value is -1.36. The summed E-state index contributed by atoms with van der Waals surface area (Å²) >= 11 is 0. The van der Waals surface area contributed by atoms with Crippen molar-refractivity contribution in [3.8, 4) is 0 Å². The number of carboxylic acids is 1. The average molecular weight is 197 g/mol. The van der Waals surface area contributed by atoms with E-state index in [9.17, 15) is 4.79 Å². The van der Waals surface area contributed by atoms with E-state index in [2.05, 4.69) is 10.4 Å². The largest absolute Gasteiger partial charge is 0.480 e. The van der Waals surface area contributed by atoms with E-state index in [-0.39, 0.29) is 0 Å². The van der Waals surface area contributed by atoms with Crippen LogP contribution in [0.1, 0.15) is 12.5 Å². The third-order valence-corrected chi connectivity index (χ3v) is 1.99. The van der Waals surface area contributed by atoms with Crippen molar-refractivity contribution in [2.45, 2.75) is 19.4 Å². The molecule has 14 heavy (non-hydrogen) atoms. The topological polar surface area (TPSA) is 67.2 Å². The van der Waals surface area contributed by atoms with E-state index in [0.717, 1.165) is 12.0 Å². The Kier molecular flexibility index (Phi) is 3.64. The molecule has 1 atom stereocenters. The van der Waals surface area contributed by atoms with Crippen molar-refractivity contribution in [3.05, 3.63) is 18.0 Å². The zero-order chi connectivity index (χ0) is 10.6. The van der Waals surface area contributed by atoms with Crippen molar-refractivity contribution >= 4 is 5.97 Å². The minimum Gasteiger partial charge on any atom is -0.480 e. The Balaban J connectivity index is 2.25. The van der Waals surface area contributed by atoms with Gasteiger partial charge < -0.3 is 10.4 Å². The van der Waals surface area contributed by atoms with Crippen molar-refractivity contribution < 1.29 is 9.90 Å². The molecule has 0 spiro atoms. The van der Waals surface area contributed by atoms with Crippen LogP contribution < -0.4 is 5.32 Å². The van der Waals surface area contributed by atoms with E-state index in [1.807, 2.05) is 13.2 Å². The van der Waals surface area contributed by atoms with Gasteiger partial charge in [-0.15, -0.1) is 0 Å². The molecule has 0 aliphatic rings. The summed E-state index contributed by atoms with van der Waals surface area (Å²) in [5.74, 6) is -0.823. The molecular weight excluding hydrogens is 182 g/mol. The number of rotatable bonds is 5. The second-order valence-electron chi connectivity index (χ2n) is 3.29. The molecule has 1 rings (SSSR count). The quantitative estimate of drug-likeness (QED) is 0.698. The smallest absolute Gasteiger partial charge is 0.320 e. The maximum absolute atomic E-state index is 10.5. The van der Waals surface area contributed by atoms with Crippen LogP contribution in [-0.2, 0) is 18.3 Å². The molecule has 0 fully saturated rings. The summed E-state index contributed by atoms with van der Waals surface area (Å²) in [5.41, 5.74) is 1.11. The molecule has 1 heterocycles. The van der Waals surface area contributed by atoms with Crippen LogP contribution >= 0.6 is 0 Å². The number of aryl methyl sites for hydroxylation is 1. The highest BCUT2D eigenvalue weighted by atomic mass is 16.4. The Labute approximate surface area is 82.7 Å². The van der Waals surface area contributed by atoms with Gasteiger partial charge >= 0.3 is 5.97 Å². The van der Waals surface area contributed by atoms with Crippen LogP contribution in [0.5, 0.6) is 0 Å². The molecule has 0 unspecified atom stereocenters. The van der Waals surface area contributed by atoms with Crippen LogP contribution in [0.3, 0.4) is 0 Å². The monoisotopic (exact) mass is 197 g/mol. The Morgan fingerprint density at radius 3 is 3.00 bits per heavy atom. The van der Waals surface area contributed by atoms with Gasteiger partial charge in [-0.25, -0.2) is 0 Å². The highest BCUT2D eigenvalue weighted by Crippen LogP contribution is 1.96. The lowest BCUT2D eigenvalue weighted by Gasteiger charge is -2.07. The van der Waals surface area contributed by atoms with E-state index in [1.54, 1.807) is 17.8 Å². The van der Waals surface area contributed by atoms with Crippen LogP contribution in [0.15, 0.2) is 12.4 Å². The van der Waals surface area contributed by atoms with Crippen molar-refractivity contribution in [2.75, 3.05) is 6.54 Å². The predicted molar refractivity (Wildman–Crippen MR) is 52.0 cm³/mol. The lowest BCUT2D eigenvalue weighted by molar-refractivity contribution is -0.138. The normalized spacial score (nSPS) is 12.7. The lowest BCUT2D eigenvalue weighted by Crippen LogP contribution is -2.34. The number of aliphatic carboxylic acids is 1.